The Hall–Kier alpha value is -0.780. The van der Waals surface area contributed by atoms with Crippen LogP contribution in [0.15, 0.2) is 36.0 Å². The summed E-state index contributed by atoms with van der Waals surface area (Å²) in [5, 5.41) is 0. The molecule has 2 unspecified atom stereocenters. The van der Waals surface area contributed by atoms with Crippen molar-refractivity contribution in [1.82, 2.24) is 0 Å². The van der Waals surface area contributed by atoms with Crippen molar-refractivity contribution in [2.24, 2.45) is 29.6 Å². The van der Waals surface area contributed by atoms with Gasteiger partial charge < -0.3 is 0 Å². The Bertz CT molecular complexity index is 565. The second-order valence-electron chi connectivity index (χ2n) is 11.2. The fraction of sp³-hybridized carbons (Fsp3) is 0.806. The summed E-state index contributed by atoms with van der Waals surface area (Å²) in [4.78, 5) is 0. The van der Waals surface area contributed by atoms with Crippen molar-refractivity contribution in [2.45, 2.75) is 129 Å². The first-order valence-electron chi connectivity index (χ1n) is 14.3. The van der Waals surface area contributed by atoms with Crippen LogP contribution in [0.5, 0.6) is 0 Å². The van der Waals surface area contributed by atoms with Gasteiger partial charge in [0.05, 0.1) is 0 Å². The lowest BCUT2D eigenvalue weighted by Crippen LogP contribution is -2.26. The van der Waals surface area contributed by atoms with Crippen molar-refractivity contribution >= 4 is 0 Å². The van der Waals surface area contributed by atoms with Gasteiger partial charge in [0.2, 0.25) is 0 Å². The first-order valence-corrected chi connectivity index (χ1v) is 14.3. The Kier molecular flexibility index (Phi) is 11.0. The lowest BCUT2D eigenvalue weighted by atomic mass is 9.67. The highest BCUT2D eigenvalue weighted by Crippen LogP contribution is 2.44. The van der Waals surface area contributed by atoms with Gasteiger partial charge in [-0.05, 0) is 106 Å². The van der Waals surface area contributed by atoms with Crippen LogP contribution in [0.25, 0.3) is 0 Å². The molecular weight excluding hydrogens is 372 g/mol. The maximum Gasteiger partial charge on any atom is -0.0165 e. The molecule has 3 rings (SSSR count). The Morgan fingerprint density at radius 2 is 1.48 bits per heavy atom. The molecule has 3 aliphatic carbocycles. The largest absolute Gasteiger partial charge is 0.0993 e. The van der Waals surface area contributed by atoms with E-state index in [-0.39, 0.29) is 0 Å². The van der Waals surface area contributed by atoms with E-state index in [0.29, 0.717) is 0 Å². The van der Waals surface area contributed by atoms with Crippen LogP contribution in [0.4, 0.5) is 0 Å². The topological polar surface area (TPSA) is 0 Å². The smallest absolute Gasteiger partial charge is 0.0165 e. The monoisotopic (exact) mass is 424 g/mol. The average Bonchev–Trinajstić information content (AvgIpc) is 2.82. The summed E-state index contributed by atoms with van der Waals surface area (Å²) in [5.74, 6) is 4.40. The first-order chi connectivity index (χ1) is 15.2. The molecule has 0 aromatic heterocycles. The number of hydrogen-bond donors (Lipinski definition) is 0. The summed E-state index contributed by atoms with van der Waals surface area (Å²) in [6.45, 7) is 9.37. The van der Waals surface area contributed by atoms with Crippen LogP contribution in [0.3, 0.4) is 0 Å². The van der Waals surface area contributed by atoms with E-state index in [0.717, 1.165) is 36.0 Å². The molecule has 0 amide bonds. The van der Waals surface area contributed by atoms with Gasteiger partial charge in [-0.3, -0.25) is 0 Å². The molecule has 176 valence electrons. The Morgan fingerprint density at radius 3 is 2.19 bits per heavy atom. The Balaban J connectivity index is 1.55. The molecule has 0 spiro atoms. The van der Waals surface area contributed by atoms with E-state index < -0.39 is 0 Å². The zero-order valence-corrected chi connectivity index (χ0v) is 21.1. The number of rotatable bonds is 10. The van der Waals surface area contributed by atoms with Gasteiger partial charge >= 0.3 is 0 Å². The molecule has 0 saturated heterocycles. The van der Waals surface area contributed by atoms with Crippen molar-refractivity contribution in [3.05, 3.63) is 36.0 Å². The third-order valence-corrected chi connectivity index (χ3v) is 8.99. The standard InChI is InChI=1S/C31H52/c1-4-6-14-28(29-15-8-7-9-16-29)18-12-19-30-17-10-11-20-31(30)25(3)27-23-21-26(13-5-2)22-24-27/h6,14,18,26-27,29-31H,3-5,7-13,15-17,19-24H2,1-2H3/b14-6+,28-18-. The third-order valence-electron chi connectivity index (χ3n) is 8.99. The molecule has 3 aliphatic rings. The summed E-state index contributed by atoms with van der Waals surface area (Å²) in [7, 11) is 0. The molecule has 3 fully saturated rings. The zero-order valence-electron chi connectivity index (χ0n) is 21.1. The maximum atomic E-state index is 4.75. The molecule has 0 heteroatoms. The molecule has 0 heterocycles. The molecule has 0 aliphatic heterocycles. The van der Waals surface area contributed by atoms with Crippen LogP contribution < -0.4 is 0 Å². The van der Waals surface area contributed by atoms with Crippen LogP contribution in [-0.4, -0.2) is 0 Å². The highest BCUT2D eigenvalue weighted by Gasteiger charge is 2.32. The normalized spacial score (nSPS) is 31.2. The summed E-state index contributed by atoms with van der Waals surface area (Å²) >= 11 is 0. The minimum absolute atomic E-state index is 0.819. The third kappa shape index (κ3) is 7.64. The van der Waals surface area contributed by atoms with Crippen LogP contribution >= 0.6 is 0 Å². The minimum Gasteiger partial charge on any atom is -0.0993 e. The lowest BCUT2D eigenvalue weighted by Gasteiger charge is -2.38. The van der Waals surface area contributed by atoms with Crippen molar-refractivity contribution < 1.29 is 0 Å². The van der Waals surface area contributed by atoms with Gasteiger partial charge in [0.1, 0.15) is 0 Å². The van der Waals surface area contributed by atoms with Crippen molar-refractivity contribution in [2.75, 3.05) is 0 Å². The predicted molar refractivity (Wildman–Crippen MR) is 138 cm³/mol. The van der Waals surface area contributed by atoms with Gasteiger partial charge in [0, 0.05) is 0 Å². The van der Waals surface area contributed by atoms with Gasteiger partial charge in [-0.25, -0.2) is 0 Å². The lowest BCUT2D eigenvalue weighted by molar-refractivity contribution is 0.216. The van der Waals surface area contributed by atoms with E-state index in [4.69, 9.17) is 6.58 Å². The van der Waals surface area contributed by atoms with Gasteiger partial charge in [0.15, 0.2) is 0 Å². The minimum atomic E-state index is 0.819. The van der Waals surface area contributed by atoms with Gasteiger partial charge in [-0.15, -0.1) is 0 Å². The molecular formula is C31H52. The molecule has 3 saturated carbocycles. The molecule has 0 N–H and O–H groups in total. The number of hydrogen-bond acceptors (Lipinski definition) is 0. The molecule has 0 bridgehead atoms. The van der Waals surface area contributed by atoms with Crippen molar-refractivity contribution in [1.29, 1.82) is 0 Å². The highest BCUT2D eigenvalue weighted by molar-refractivity contribution is 5.22. The fourth-order valence-corrected chi connectivity index (χ4v) is 7.10. The van der Waals surface area contributed by atoms with Gasteiger partial charge in [-0.2, -0.15) is 0 Å². The molecule has 0 radical (unpaired) electrons. The SMILES string of the molecule is C=C(C1CCC(CCC)CC1)C1CCCCC1CC/C=C(/C=C/CC)C1CCCCC1. The van der Waals surface area contributed by atoms with Crippen LogP contribution in [0.2, 0.25) is 0 Å². The van der Waals surface area contributed by atoms with E-state index in [1.165, 1.54) is 109 Å². The van der Waals surface area contributed by atoms with E-state index in [1.807, 2.05) is 0 Å². The summed E-state index contributed by atoms with van der Waals surface area (Å²) < 4.78 is 0. The molecule has 0 aromatic rings. The number of allylic oxidation sites excluding steroid dienone is 5. The quantitative estimate of drug-likeness (QED) is 0.242. The van der Waals surface area contributed by atoms with E-state index in [1.54, 1.807) is 11.1 Å². The predicted octanol–water partition coefficient (Wildman–Crippen LogP) is 10.2. The van der Waals surface area contributed by atoms with E-state index in [2.05, 4.69) is 32.1 Å². The average molecular weight is 425 g/mol. The van der Waals surface area contributed by atoms with E-state index in [9.17, 15) is 0 Å². The van der Waals surface area contributed by atoms with Crippen LogP contribution in [0.1, 0.15) is 129 Å². The summed E-state index contributed by atoms with van der Waals surface area (Å²) in [6.07, 6.45) is 32.9. The zero-order chi connectivity index (χ0) is 21.9. The summed E-state index contributed by atoms with van der Waals surface area (Å²) in [5.41, 5.74) is 3.34. The maximum absolute atomic E-state index is 4.75. The van der Waals surface area contributed by atoms with E-state index >= 15 is 0 Å². The second-order valence-corrected chi connectivity index (χ2v) is 11.2. The molecule has 0 nitrogen and oxygen atoms in total. The van der Waals surface area contributed by atoms with Crippen LogP contribution in [-0.2, 0) is 0 Å². The summed E-state index contributed by atoms with van der Waals surface area (Å²) in [6, 6.07) is 0. The Morgan fingerprint density at radius 1 is 0.774 bits per heavy atom. The van der Waals surface area contributed by atoms with Crippen molar-refractivity contribution in [3.63, 3.8) is 0 Å². The molecule has 31 heavy (non-hydrogen) atoms. The Labute approximate surface area is 195 Å². The van der Waals surface area contributed by atoms with Crippen LogP contribution in [0, 0.1) is 29.6 Å². The van der Waals surface area contributed by atoms with Crippen molar-refractivity contribution in [3.8, 4) is 0 Å². The second kappa shape index (κ2) is 13.7. The molecule has 0 aromatic carbocycles. The molecule has 2 atom stereocenters. The first kappa shape index (κ1) is 24.9. The van der Waals surface area contributed by atoms with Gasteiger partial charge in [0.25, 0.3) is 0 Å². The van der Waals surface area contributed by atoms with Gasteiger partial charge in [-0.1, -0.05) is 89.2 Å². The fourth-order valence-electron chi connectivity index (χ4n) is 7.10. The highest BCUT2D eigenvalue weighted by atomic mass is 14.4.